The summed E-state index contributed by atoms with van der Waals surface area (Å²) in [6.45, 7) is 13.7. The predicted molar refractivity (Wildman–Crippen MR) is 120 cm³/mol. The van der Waals surface area contributed by atoms with Crippen LogP contribution in [0.25, 0.3) is 0 Å². The SMILES string of the molecule is C=C(C)C(=O)OC(C)N(c1ccc(N=Nc2ccccc2)cc1)C(C)OC(=O)C(=C)C. The maximum absolute atomic E-state index is 12.0. The molecule has 0 fully saturated rings. The van der Waals surface area contributed by atoms with Crippen LogP contribution in [-0.4, -0.2) is 24.4 Å². The summed E-state index contributed by atoms with van der Waals surface area (Å²) in [6.07, 6.45) is -1.46. The summed E-state index contributed by atoms with van der Waals surface area (Å²) in [5.41, 5.74) is 2.60. The van der Waals surface area contributed by atoms with Gasteiger partial charge in [0.1, 0.15) is 0 Å². The van der Waals surface area contributed by atoms with Crippen molar-refractivity contribution in [3.63, 3.8) is 0 Å². The number of carbonyl (C=O) groups excluding carboxylic acids is 2. The molecule has 2 atom stereocenters. The fourth-order valence-corrected chi connectivity index (χ4v) is 2.64. The number of benzene rings is 2. The molecule has 2 aromatic carbocycles. The molecule has 2 rings (SSSR count). The largest absolute Gasteiger partial charge is 0.438 e. The van der Waals surface area contributed by atoms with E-state index in [1.165, 1.54) is 0 Å². The Morgan fingerprint density at radius 2 is 1.19 bits per heavy atom. The minimum absolute atomic E-state index is 0.273. The molecule has 7 heteroatoms. The van der Waals surface area contributed by atoms with E-state index in [1.54, 1.807) is 56.9 Å². The molecule has 0 saturated carbocycles. The number of anilines is 1. The highest BCUT2D eigenvalue weighted by atomic mass is 16.6. The molecule has 0 bridgehead atoms. The topological polar surface area (TPSA) is 80.6 Å². The Balaban J connectivity index is 2.26. The number of rotatable bonds is 9. The lowest BCUT2D eigenvalue weighted by Gasteiger charge is -2.35. The Hall–Kier alpha value is -3.74. The molecule has 0 aliphatic carbocycles. The van der Waals surface area contributed by atoms with Gasteiger partial charge >= 0.3 is 11.9 Å². The Bertz CT molecular complexity index is 934. The number of ether oxygens (including phenoxy) is 2. The van der Waals surface area contributed by atoms with Crippen LogP contribution in [0.3, 0.4) is 0 Å². The average molecular weight is 421 g/mol. The second-order valence-corrected chi connectivity index (χ2v) is 7.03. The zero-order valence-corrected chi connectivity index (χ0v) is 18.2. The van der Waals surface area contributed by atoms with Crippen molar-refractivity contribution in [2.75, 3.05) is 4.90 Å². The zero-order valence-electron chi connectivity index (χ0n) is 18.2. The fraction of sp³-hybridized carbons (Fsp3) is 0.250. The maximum atomic E-state index is 12.0. The quantitative estimate of drug-likeness (QED) is 0.220. The van der Waals surface area contributed by atoms with Crippen molar-refractivity contribution < 1.29 is 19.1 Å². The van der Waals surface area contributed by atoms with Crippen molar-refractivity contribution in [3.8, 4) is 0 Å². The number of esters is 2. The van der Waals surface area contributed by atoms with Gasteiger partial charge in [-0.15, -0.1) is 0 Å². The van der Waals surface area contributed by atoms with E-state index in [0.29, 0.717) is 11.4 Å². The second-order valence-electron chi connectivity index (χ2n) is 7.03. The lowest BCUT2D eigenvalue weighted by Crippen LogP contribution is -2.45. The van der Waals surface area contributed by atoms with E-state index in [0.717, 1.165) is 5.69 Å². The summed E-state index contributed by atoms with van der Waals surface area (Å²) in [7, 11) is 0. The molecule has 0 N–H and O–H groups in total. The average Bonchev–Trinajstić information content (AvgIpc) is 2.73. The molecule has 0 spiro atoms. The lowest BCUT2D eigenvalue weighted by atomic mass is 10.2. The standard InChI is InChI=1S/C24H27N3O4/c1-16(2)23(28)30-18(5)27(19(6)31-24(29)17(3)4)22-14-12-21(13-15-22)26-25-20-10-8-7-9-11-20/h7-15,18-19H,1,3H2,2,4-6H3. The van der Waals surface area contributed by atoms with E-state index in [-0.39, 0.29) is 11.1 Å². The van der Waals surface area contributed by atoms with E-state index in [1.807, 2.05) is 30.3 Å². The van der Waals surface area contributed by atoms with Crippen molar-refractivity contribution in [2.24, 2.45) is 10.2 Å². The minimum atomic E-state index is -0.728. The maximum Gasteiger partial charge on any atom is 0.335 e. The molecule has 162 valence electrons. The van der Waals surface area contributed by atoms with E-state index >= 15 is 0 Å². The van der Waals surface area contributed by atoms with Gasteiger partial charge in [-0.2, -0.15) is 10.2 Å². The molecule has 0 aliphatic heterocycles. The first-order chi connectivity index (χ1) is 14.7. The zero-order chi connectivity index (χ0) is 23.0. The molecular formula is C24H27N3O4. The van der Waals surface area contributed by atoms with Crippen molar-refractivity contribution >= 4 is 29.0 Å². The molecule has 0 aromatic heterocycles. The summed E-state index contributed by atoms with van der Waals surface area (Å²) < 4.78 is 10.9. The number of hydrogen-bond acceptors (Lipinski definition) is 7. The Morgan fingerprint density at radius 3 is 1.61 bits per heavy atom. The number of azo groups is 1. The first kappa shape index (κ1) is 23.5. The van der Waals surface area contributed by atoms with Crippen molar-refractivity contribution in [1.82, 2.24) is 0 Å². The third kappa shape index (κ3) is 6.92. The van der Waals surface area contributed by atoms with Gasteiger partial charge in [-0.1, -0.05) is 31.4 Å². The smallest absolute Gasteiger partial charge is 0.335 e. The van der Waals surface area contributed by atoms with Crippen LogP contribution in [0.1, 0.15) is 27.7 Å². The monoisotopic (exact) mass is 421 g/mol. The molecule has 0 amide bonds. The summed E-state index contributed by atoms with van der Waals surface area (Å²) in [4.78, 5) is 25.7. The van der Waals surface area contributed by atoms with Gasteiger partial charge in [0.05, 0.1) is 11.4 Å². The van der Waals surface area contributed by atoms with Crippen LogP contribution in [-0.2, 0) is 19.1 Å². The molecule has 0 aliphatic rings. The first-order valence-corrected chi connectivity index (χ1v) is 9.77. The lowest BCUT2D eigenvalue weighted by molar-refractivity contribution is -0.148. The van der Waals surface area contributed by atoms with Crippen molar-refractivity contribution in [1.29, 1.82) is 0 Å². The number of carbonyl (C=O) groups is 2. The summed E-state index contributed by atoms with van der Waals surface area (Å²) in [6, 6.07) is 16.5. The van der Waals surface area contributed by atoms with Gasteiger partial charge in [0.25, 0.3) is 0 Å². The first-order valence-electron chi connectivity index (χ1n) is 9.77. The van der Waals surface area contributed by atoms with Gasteiger partial charge in [0.2, 0.25) is 0 Å². The molecule has 0 radical (unpaired) electrons. The van der Waals surface area contributed by atoms with E-state index < -0.39 is 24.4 Å². The molecule has 2 aromatic rings. The molecule has 0 saturated heterocycles. The minimum Gasteiger partial charge on any atom is -0.438 e. The Labute approximate surface area is 182 Å². The highest BCUT2D eigenvalue weighted by molar-refractivity contribution is 5.88. The van der Waals surface area contributed by atoms with Crippen molar-refractivity contribution in [3.05, 3.63) is 78.9 Å². The van der Waals surface area contributed by atoms with Gasteiger partial charge in [0, 0.05) is 16.8 Å². The van der Waals surface area contributed by atoms with E-state index in [4.69, 9.17) is 9.47 Å². The Kier molecular flexibility index (Phi) is 8.25. The van der Waals surface area contributed by atoms with E-state index in [2.05, 4.69) is 23.4 Å². The van der Waals surface area contributed by atoms with Crippen LogP contribution in [0.2, 0.25) is 0 Å². The molecule has 2 unspecified atom stereocenters. The fourth-order valence-electron chi connectivity index (χ4n) is 2.64. The summed E-state index contributed by atoms with van der Waals surface area (Å²) in [5, 5.41) is 8.41. The third-order valence-corrected chi connectivity index (χ3v) is 4.22. The van der Waals surface area contributed by atoms with Crippen molar-refractivity contribution in [2.45, 2.75) is 40.2 Å². The third-order valence-electron chi connectivity index (χ3n) is 4.22. The van der Waals surface area contributed by atoms with Crippen LogP contribution in [0.4, 0.5) is 17.1 Å². The van der Waals surface area contributed by atoms with Crippen LogP contribution in [0, 0.1) is 0 Å². The summed E-state index contributed by atoms with van der Waals surface area (Å²) in [5.74, 6) is -1.08. The van der Waals surface area contributed by atoms with Crippen LogP contribution < -0.4 is 4.90 Å². The van der Waals surface area contributed by atoms with Gasteiger partial charge in [-0.25, -0.2) is 9.59 Å². The van der Waals surface area contributed by atoms with Gasteiger partial charge in [-0.05, 0) is 64.1 Å². The molecular weight excluding hydrogens is 394 g/mol. The highest BCUT2D eigenvalue weighted by Crippen LogP contribution is 2.26. The molecule has 7 nitrogen and oxygen atoms in total. The molecule has 31 heavy (non-hydrogen) atoms. The normalized spacial score (nSPS) is 12.6. The van der Waals surface area contributed by atoms with Crippen LogP contribution >= 0.6 is 0 Å². The number of nitrogens with zero attached hydrogens (tertiary/aromatic N) is 3. The van der Waals surface area contributed by atoms with Gasteiger partial charge in [-0.3, -0.25) is 0 Å². The Morgan fingerprint density at radius 1 is 0.774 bits per heavy atom. The van der Waals surface area contributed by atoms with Gasteiger partial charge in [0.15, 0.2) is 12.5 Å². The predicted octanol–water partition coefficient (Wildman–Crippen LogP) is 5.84. The highest BCUT2D eigenvalue weighted by Gasteiger charge is 2.26. The van der Waals surface area contributed by atoms with Crippen LogP contribution in [0.5, 0.6) is 0 Å². The second kappa shape index (κ2) is 10.9. The summed E-state index contributed by atoms with van der Waals surface area (Å²) >= 11 is 0. The van der Waals surface area contributed by atoms with Crippen LogP contribution in [0.15, 0.2) is 89.1 Å². The van der Waals surface area contributed by atoms with E-state index in [9.17, 15) is 9.59 Å². The molecule has 0 heterocycles. The van der Waals surface area contributed by atoms with Gasteiger partial charge < -0.3 is 14.4 Å². The number of hydrogen-bond donors (Lipinski definition) is 0.